The van der Waals surface area contributed by atoms with Crippen LogP contribution < -0.4 is 14.8 Å². The van der Waals surface area contributed by atoms with Gasteiger partial charge in [-0.25, -0.2) is 4.79 Å². The van der Waals surface area contributed by atoms with Crippen molar-refractivity contribution in [2.45, 2.75) is 6.54 Å². The summed E-state index contributed by atoms with van der Waals surface area (Å²) in [6, 6.07) is 11.7. The normalized spacial score (nSPS) is 15.3. The third-order valence-electron chi connectivity index (χ3n) is 3.96. The first kappa shape index (κ1) is 17.8. The van der Waals surface area contributed by atoms with Crippen LogP contribution in [0.15, 0.2) is 48.2 Å². The van der Waals surface area contributed by atoms with E-state index in [2.05, 4.69) is 5.32 Å². The third-order valence-corrected chi connectivity index (χ3v) is 4.21. The van der Waals surface area contributed by atoms with Crippen LogP contribution >= 0.6 is 11.6 Å². The molecule has 26 heavy (non-hydrogen) atoms. The van der Waals surface area contributed by atoms with E-state index in [9.17, 15) is 9.59 Å². The molecule has 1 saturated heterocycles. The van der Waals surface area contributed by atoms with Crippen LogP contribution in [0.3, 0.4) is 0 Å². The van der Waals surface area contributed by atoms with Gasteiger partial charge < -0.3 is 14.8 Å². The van der Waals surface area contributed by atoms with Gasteiger partial charge in [-0.05, 0) is 35.9 Å². The minimum absolute atomic E-state index is 0.166. The Morgan fingerprint density at radius 3 is 2.46 bits per heavy atom. The summed E-state index contributed by atoms with van der Waals surface area (Å²) >= 11 is 5.86. The molecule has 0 aliphatic carbocycles. The fourth-order valence-corrected chi connectivity index (χ4v) is 2.71. The largest absolute Gasteiger partial charge is 0.497 e. The van der Waals surface area contributed by atoms with Gasteiger partial charge in [-0.15, -0.1) is 0 Å². The van der Waals surface area contributed by atoms with Crippen molar-refractivity contribution in [1.29, 1.82) is 0 Å². The summed E-state index contributed by atoms with van der Waals surface area (Å²) in [6.07, 6.45) is 1.58. The van der Waals surface area contributed by atoms with Gasteiger partial charge in [0.2, 0.25) is 0 Å². The minimum atomic E-state index is -0.469. The molecule has 0 atom stereocenters. The summed E-state index contributed by atoms with van der Waals surface area (Å²) in [5, 5.41) is 3.19. The number of hydrogen-bond acceptors (Lipinski definition) is 4. The van der Waals surface area contributed by atoms with Crippen LogP contribution in [-0.2, 0) is 11.3 Å². The topological polar surface area (TPSA) is 67.9 Å². The number of imide groups is 1. The molecule has 0 radical (unpaired) electrons. The molecule has 1 fully saturated rings. The van der Waals surface area contributed by atoms with Crippen LogP contribution in [0.2, 0.25) is 5.02 Å². The van der Waals surface area contributed by atoms with Crippen molar-refractivity contribution in [3.05, 3.63) is 64.3 Å². The van der Waals surface area contributed by atoms with Crippen LogP contribution in [0.1, 0.15) is 11.1 Å². The van der Waals surface area contributed by atoms with E-state index >= 15 is 0 Å². The molecule has 1 heterocycles. The molecular weight excluding hydrogens is 356 g/mol. The lowest BCUT2D eigenvalue weighted by Crippen LogP contribution is -2.30. The van der Waals surface area contributed by atoms with E-state index in [-0.39, 0.29) is 12.2 Å². The average molecular weight is 373 g/mol. The first-order valence-corrected chi connectivity index (χ1v) is 8.20. The minimum Gasteiger partial charge on any atom is -0.497 e. The second kappa shape index (κ2) is 7.49. The molecule has 3 rings (SSSR count). The molecule has 134 valence electrons. The highest BCUT2D eigenvalue weighted by atomic mass is 35.5. The fraction of sp³-hybridized carbons (Fsp3) is 0.158. The van der Waals surface area contributed by atoms with Crippen LogP contribution in [-0.4, -0.2) is 31.1 Å². The Bertz CT molecular complexity index is 878. The molecular formula is C19H17ClN2O4. The number of hydrogen-bond donors (Lipinski definition) is 1. The Hall–Kier alpha value is -2.99. The molecule has 2 aromatic rings. The maximum atomic E-state index is 12.6. The monoisotopic (exact) mass is 372 g/mol. The zero-order chi connectivity index (χ0) is 18.7. The summed E-state index contributed by atoms with van der Waals surface area (Å²) in [5.41, 5.74) is 1.65. The second-order valence-electron chi connectivity index (χ2n) is 5.61. The standard InChI is InChI=1S/C19H17ClN2O4/c1-25-15-8-5-13(17(10-15)26-2)9-16-18(23)22(19(24)21-16)11-12-3-6-14(20)7-4-12/h3-10H,11H2,1-2H3,(H,21,24)/b16-9+. The molecule has 7 heteroatoms. The van der Waals surface area contributed by atoms with E-state index in [1.54, 1.807) is 55.7 Å². The maximum absolute atomic E-state index is 12.6. The number of nitrogens with one attached hydrogen (secondary N) is 1. The van der Waals surface area contributed by atoms with Crippen molar-refractivity contribution in [3.63, 3.8) is 0 Å². The van der Waals surface area contributed by atoms with E-state index in [1.165, 1.54) is 7.11 Å². The molecule has 2 aromatic carbocycles. The van der Waals surface area contributed by atoms with Gasteiger partial charge in [0.15, 0.2) is 0 Å². The van der Waals surface area contributed by atoms with E-state index < -0.39 is 11.9 Å². The van der Waals surface area contributed by atoms with E-state index in [1.807, 2.05) is 0 Å². The van der Waals surface area contributed by atoms with E-state index in [4.69, 9.17) is 21.1 Å². The SMILES string of the molecule is COc1ccc(/C=C2/NC(=O)N(Cc3ccc(Cl)cc3)C2=O)c(OC)c1. The Labute approximate surface area is 156 Å². The number of nitrogens with zero attached hydrogens (tertiary/aromatic N) is 1. The van der Waals surface area contributed by atoms with Crippen LogP contribution in [0, 0.1) is 0 Å². The van der Waals surface area contributed by atoms with Crippen LogP contribution in [0.25, 0.3) is 6.08 Å². The number of methoxy groups -OCH3 is 2. The molecule has 6 nitrogen and oxygen atoms in total. The van der Waals surface area contributed by atoms with Gasteiger partial charge in [-0.2, -0.15) is 0 Å². The highest BCUT2D eigenvalue weighted by Crippen LogP contribution is 2.27. The van der Waals surface area contributed by atoms with Crippen molar-refractivity contribution in [2.75, 3.05) is 14.2 Å². The number of rotatable bonds is 5. The van der Waals surface area contributed by atoms with E-state index in [0.29, 0.717) is 22.1 Å². The van der Waals surface area contributed by atoms with Gasteiger partial charge in [0.05, 0.1) is 20.8 Å². The third kappa shape index (κ3) is 3.65. The summed E-state index contributed by atoms with van der Waals surface area (Å²) in [5.74, 6) is 0.771. The van der Waals surface area contributed by atoms with E-state index in [0.717, 1.165) is 10.5 Å². The summed E-state index contributed by atoms with van der Waals surface area (Å²) in [6.45, 7) is 0.166. The Balaban J connectivity index is 1.84. The molecule has 1 aliphatic rings. The van der Waals surface area contributed by atoms with Crippen molar-refractivity contribution >= 4 is 29.6 Å². The molecule has 3 amide bonds. The van der Waals surface area contributed by atoms with Gasteiger partial charge in [0, 0.05) is 16.7 Å². The van der Waals surface area contributed by atoms with Crippen molar-refractivity contribution in [2.24, 2.45) is 0 Å². The molecule has 0 saturated carbocycles. The highest BCUT2D eigenvalue weighted by molar-refractivity contribution is 6.30. The second-order valence-corrected chi connectivity index (χ2v) is 6.05. The number of ether oxygens (including phenoxy) is 2. The van der Waals surface area contributed by atoms with Gasteiger partial charge in [-0.3, -0.25) is 9.69 Å². The first-order chi connectivity index (χ1) is 12.5. The molecule has 1 aliphatic heterocycles. The highest BCUT2D eigenvalue weighted by Gasteiger charge is 2.33. The summed E-state index contributed by atoms with van der Waals surface area (Å²) in [4.78, 5) is 25.9. The lowest BCUT2D eigenvalue weighted by Gasteiger charge is -2.11. The van der Waals surface area contributed by atoms with Crippen molar-refractivity contribution < 1.29 is 19.1 Å². The number of urea groups is 1. The molecule has 0 bridgehead atoms. The zero-order valence-corrected chi connectivity index (χ0v) is 15.0. The molecule has 0 spiro atoms. The summed E-state index contributed by atoms with van der Waals surface area (Å²) in [7, 11) is 3.08. The first-order valence-electron chi connectivity index (χ1n) is 7.83. The summed E-state index contributed by atoms with van der Waals surface area (Å²) < 4.78 is 10.5. The average Bonchev–Trinajstić information content (AvgIpc) is 2.91. The smallest absolute Gasteiger partial charge is 0.329 e. The van der Waals surface area contributed by atoms with Crippen molar-refractivity contribution in [1.82, 2.24) is 10.2 Å². The fourth-order valence-electron chi connectivity index (χ4n) is 2.58. The van der Waals surface area contributed by atoms with Gasteiger partial charge >= 0.3 is 6.03 Å². The number of halogens is 1. The zero-order valence-electron chi connectivity index (χ0n) is 14.3. The molecule has 0 aromatic heterocycles. The van der Waals surface area contributed by atoms with Gasteiger partial charge in [-0.1, -0.05) is 23.7 Å². The number of benzene rings is 2. The predicted octanol–water partition coefficient (Wildman–Crippen LogP) is 3.45. The molecule has 1 N–H and O–H groups in total. The number of carbonyl (C=O) groups excluding carboxylic acids is 2. The van der Waals surface area contributed by atoms with Crippen LogP contribution in [0.4, 0.5) is 4.79 Å². The van der Waals surface area contributed by atoms with Crippen molar-refractivity contribution in [3.8, 4) is 11.5 Å². The number of amides is 3. The molecule has 0 unspecified atom stereocenters. The lowest BCUT2D eigenvalue weighted by molar-refractivity contribution is -0.123. The quantitative estimate of drug-likeness (QED) is 0.644. The Morgan fingerprint density at radius 2 is 1.81 bits per heavy atom. The predicted molar refractivity (Wildman–Crippen MR) is 98.1 cm³/mol. The van der Waals surface area contributed by atoms with Gasteiger partial charge in [0.25, 0.3) is 5.91 Å². The van der Waals surface area contributed by atoms with Crippen LogP contribution in [0.5, 0.6) is 11.5 Å². The number of carbonyl (C=O) groups is 2. The maximum Gasteiger partial charge on any atom is 0.329 e. The van der Waals surface area contributed by atoms with Gasteiger partial charge in [0.1, 0.15) is 17.2 Å². The Morgan fingerprint density at radius 1 is 1.08 bits per heavy atom. The Kier molecular flexibility index (Phi) is 5.14. The lowest BCUT2D eigenvalue weighted by atomic mass is 10.1.